The zero-order chi connectivity index (χ0) is 26.8. The molecule has 33 heavy (non-hydrogen) atoms. The Morgan fingerprint density at radius 3 is 1.76 bits per heavy atom. The Bertz CT molecular complexity index is 620. The number of carbonyl (C=O) groups is 1. The summed E-state index contributed by atoms with van der Waals surface area (Å²) in [6, 6.07) is 5.53. The molecule has 1 atom stereocenters. The summed E-state index contributed by atoms with van der Waals surface area (Å²) >= 11 is 0. The second kappa shape index (κ2) is 18.6. The van der Waals surface area contributed by atoms with Gasteiger partial charge in [-0.25, -0.2) is 0 Å². The van der Waals surface area contributed by atoms with E-state index in [0.717, 1.165) is 18.5 Å². The Labute approximate surface area is 205 Å². The third-order valence-electron chi connectivity index (χ3n) is 4.15. The number of carbonyl (C=O) groups excluding carboxylic acids is 1. The molecule has 0 saturated carbocycles. The van der Waals surface area contributed by atoms with Crippen LogP contribution in [0.5, 0.6) is 11.5 Å². The third kappa shape index (κ3) is 19.4. The van der Waals surface area contributed by atoms with Gasteiger partial charge in [0.15, 0.2) is 0 Å². The predicted molar refractivity (Wildman–Crippen MR) is 145 cm³/mol. The SMILES string of the molecule is CC.CC.CC.CC(=O)N(C)c1cc(OCCC(C)(C)N)cc(OCC(C)CC(C)(C)N)c1. The minimum Gasteiger partial charge on any atom is -0.493 e. The number of nitrogens with zero attached hydrogens (tertiary/aromatic N) is 1. The molecule has 0 spiro atoms. The van der Waals surface area contributed by atoms with E-state index >= 15 is 0 Å². The molecule has 196 valence electrons. The van der Waals surface area contributed by atoms with E-state index in [1.807, 2.05) is 87.4 Å². The molecule has 6 nitrogen and oxygen atoms in total. The van der Waals surface area contributed by atoms with Crippen LogP contribution in [-0.2, 0) is 4.79 Å². The van der Waals surface area contributed by atoms with Crippen LogP contribution in [0.25, 0.3) is 0 Å². The average molecular weight is 470 g/mol. The summed E-state index contributed by atoms with van der Waals surface area (Å²) in [6.07, 6.45) is 1.58. The van der Waals surface area contributed by atoms with Gasteiger partial charge in [-0.15, -0.1) is 0 Å². The molecule has 1 aromatic carbocycles. The van der Waals surface area contributed by atoms with E-state index in [4.69, 9.17) is 20.9 Å². The van der Waals surface area contributed by atoms with Gasteiger partial charge in [-0.05, 0) is 46.5 Å². The van der Waals surface area contributed by atoms with Crippen LogP contribution in [0, 0.1) is 5.92 Å². The van der Waals surface area contributed by atoms with Gasteiger partial charge in [-0.2, -0.15) is 0 Å². The van der Waals surface area contributed by atoms with Crippen LogP contribution in [0.3, 0.4) is 0 Å². The first-order chi connectivity index (χ1) is 15.3. The lowest BCUT2D eigenvalue weighted by atomic mass is 9.93. The maximum absolute atomic E-state index is 11.7. The minimum atomic E-state index is -0.294. The van der Waals surface area contributed by atoms with E-state index in [9.17, 15) is 4.79 Å². The number of rotatable bonds is 10. The number of anilines is 1. The van der Waals surface area contributed by atoms with Gasteiger partial charge in [0.2, 0.25) is 5.91 Å². The standard InChI is InChI=1S/C21H37N3O3.3C2H6/c1-15(13-21(5,6)23)14-27-19-11-17(24(7)16(2)25)10-18(12-19)26-9-8-20(3,4)22;3*1-2/h10-12,15H,8-9,13-14,22-23H2,1-7H3;3*1-2H3. The fraction of sp³-hybridized carbons (Fsp3) is 0.741. The largest absolute Gasteiger partial charge is 0.493 e. The number of hydrogen-bond acceptors (Lipinski definition) is 5. The summed E-state index contributed by atoms with van der Waals surface area (Å²) in [7, 11) is 1.73. The molecule has 1 unspecified atom stereocenters. The quantitative estimate of drug-likeness (QED) is 0.414. The van der Waals surface area contributed by atoms with Crippen molar-refractivity contribution in [3.05, 3.63) is 18.2 Å². The van der Waals surface area contributed by atoms with Gasteiger partial charge in [-0.1, -0.05) is 48.5 Å². The molecule has 4 N–H and O–H groups in total. The number of nitrogens with two attached hydrogens (primary N) is 2. The molecular formula is C27H55N3O3. The van der Waals surface area contributed by atoms with Crippen LogP contribution in [0.2, 0.25) is 0 Å². The van der Waals surface area contributed by atoms with Crippen molar-refractivity contribution in [3.63, 3.8) is 0 Å². The number of ether oxygens (including phenoxy) is 2. The number of amides is 1. The Balaban J connectivity index is -0.00000138. The summed E-state index contributed by atoms with van der Waals surface area (Å²) in [6.45, 7) is 24.6. The summed E-state index contributed by atoms with van der Waals surface area (Å²) in [4.78, 5) is 13.3. The number of hydrogen-bond donors (Lipinski definition) is 2. The zero-order valence-electron chi connectivity index (χ0n) is 24.0. The predicted octanol–water partition coefficient (Wildman–Crippen LogP) is 6.40. The molecule has 0 radical (unpaired) electrons. The van der Waals surface area contributed by atoms with E-state index < -0.39 is 0 Å². The van der Waals surface area contributed by atoms with Gasteiger partial charge < -0.3 is 25.8 Å². The second-order valence-corrected chi connectivity index (χ2v) is 8.94. The van der Waals surface area contributed by atoms with Crippen molar-refractivity contribution in [2.75, 3.05) is 25.2 Å². The van der Waals surface area contributed by atoms with Gasteiger partial charge in [0, 0.05) is 43.2 Å². The summed E-state index contributed by atoms with van der Waals surface area (Å²) < 4.78 is 11.8. The van der Waals surface area contributed by atoms with Crippen molar-refractivity contribution in [1.82, 2.24) is 0 Å². The molecule has 0 saturated heterocycles. The molecule has 0 aliphatic carbocycles. The molecule has 1 rings (SSSR count). The first kappa shape index (κ1) is 35.8. The van der Waals surface area contributed by atoms with E-state index in [2.05, 4.69) is 6.92 Å². The monoisotopic (exact) mass is 469 g/mol. The zero-order valence-corrected chi connectivity index (χ0v) is 24.0. The Morgan fingerprint density at radius 2 is 1.36 bits per heavy atom. The summed E-state index contributed by atoms with van der Waals surface area (Å²) in [5, 5.41) is 0. The lowest BCUT2D eigenvalue weighted by molar-refractivity contribution is -0.116. The van der Waals surface area contributed by atoms with E-state index in [-0.39, 0.29) is 17.0 Å². The third-order valence-corrected chi connectivity index (χ3v) is 4.15. The smallest absolute Gasteiger partial charge is 0.223 e. The van der Waals surface area contributed by atoms with Crippen molar-refractivity contribution in [2.45, 2.75) is 107 Å². The minimum absolute atomic E-state index is 0.0561. The van der Waals surface area contributed by atoms with Crippen LogP contribution in [0.15, 0.2) is 18.2 Å². The van der Waals surface area contributed by atoms with Crippen LogP contribution in [0.4, 0.5) is 5.69 Å². The van der Waals surface area contributed by atoms with Crippen LogP contribution in [-0.4, -0.2) is 37.2 Å². The average Bonchev–Trinajstić information content (AvgIpc) is 2.74. The van der Waals surface area contributed by atoms with Crippen LogP contribution >= 0.6 is 0 Å². The molecule has 0 aliphatic heterocycles. The van der Waals surface area contributed by atoms with Gasteiger partial charge >= 0.3 is 0 Å². The molecule has 1 amide bonds. The van der Waals surface area contributed by atoms with Gasteiger partial charge in [0.05, 0.1) is 18.9 Å². The molecule has 0 fully saturated rings. The first-order valence-electron chi connectivity index (χ1n) is 12.5. The first-order valence-corrected chi connectivity index (χ1v) is 12.5. The molecule has 0 bridgehead atoms. The van der Waals surface area contributed by atoms with Crippen molar-refractivity contribution in [2.24, 2.45) is 17.4 Å². The Morgan fingerprint density at radius 1 is 0.909 bits per heavy atom. The topological polar surface area (TPSA) is 90.8 Å². The molecule has 1 aromatic rings. The lowest BCUT2D eigenvalue weighted by Gasteiger charge is -2.24. The Kier molecular flexibility index (Phi) is 20.2. The van der Waals surface area contributed by atoms with Gasteiger partial charge in [0.25, 0.3) is 0 Å². The lowest BCUT2D eigenvalue weighted by Crippen LogP contribution is -2.35. The van der Waals surface area contributed by atoms with Crippen molar-refractivity contribution >= 4 is 11.6 Å². The van der Waals surface area contributed by atoms with E-state index in [0.29, 0.717) is 30.6 Å². The Hall–Kier alpha value is -1.79. The second-order valence-electron chi connectivity index (χ2n) is 8.94. The fourth-order valence-electron chi connectivity index (χ4n) is 2.73. The highest BCUT2D eigenvalue weighted by Gasteiger charge is 2.17. The molecule has 0 aromatic heterocycles. The fourth-order valence-corrected chi connectivity index (χ4v) is 2.73. The summed E-state index contributed by atoms with van der Waals surface area (Å²) in [5.74, 6) is 1.58. The highest BCUT2D eigenvalue weighted by Crippen LogP contribution is 2.29. The summed E-state index contributed by atoms with van der Waals surface area (Å²) in [5.41, 5.74) is 12.3. The van der Waals surface area contributed by atoms with Crippen LogP contribution < -0.4 is 25.8 Å². The number of benzene rings is 1. The maximum atomic E-state index is 11.7. The van der Waals surface area contributed by atoms with Crippen molar-refractivity contribution in [3.8, 4) is 11.5 Å². The van der Waals surface area contributed by atoms with E-state index in [1.165, 1.54) is 6.92 Å². The van der Waals surface area contributed by atoms with Crippen LogP contribution in [0.1, 0.15) is 95.9 Å². The van der Waals surface area contributed by atoms with Gasteiger partial charge in [-0.3, -0.25) is 4.79 Å². The van der Waals surface area contributed by atoms with Crippen molar-refractivity contribution in [1.29, 1.82) is 0 Å². The van der Waals surface area contributed by atoms with Crippen molar-refractivity contribution < 1.29 is 14.3 Å². The highest BCUT2D eigenvalue weighted by molar-refractivity contribution is 5.91. The normalized spacial score (nSPS) is 11.4. The molecular weight excluding hydrogens is 414 g/mol. The van der Waals surface area contributed by atoms with Gasteiger partial charge in [0.1, 0.15) is 11.5 Å². The molecule has 0 heterocycles. The maximum Gasteiger partial charge on any atom is 0.223 e. The molecule has 6 heteroatoms. The van der Waals surface area contributed by atoms with E-state index in [1.54, 1.807) is 11.9 Å². The molecule has 0 aliphatic rings. The highest BCUT2D eigenvalue weighted by atomic mass is 16.5.